The highest BCUT2D eigenvalue weighted by Crippen LogP contribution is 2.32. The van der Waals surface area contributed by atoms with Crippen LogP contribution in [-0.2, 0) is 22.6 Å². The highest BCUT2D eigenvalue weighted by molar-refractivity contribution is 6.44. The number of aliphatic imine (C=N–C) groups is 1. The second-order valence-electron chi connectivity index (χ2n) is 9.11. The molecule has 37 heavy (non-hydrogen) atoms. The van der Waals surface area contributed by atoms with Crippen LogP contribution in [0.5, 0.6) is 0 Å². The zero-order valence-electron chi connectivity index (χ0n) is 19.8. The molecule has 2 aliphatic heterocycles. The highest BCUT2D eigenvalue weighted by Gasteiger charge is 2.38. The first-order chi connectivity index (χ1) is 17.7. The second kappa shape index (κ2) is 9.58. The van der Waals surface area contributed by atoms with Gasteiger partial charge in [0.15, 0.2) is 6.17 Å². The van der Waals surface area contributed by atoms with Gasteiger partial charge in [0, 0.05) is 12.6 Å². The van der Waals surface area contributed by atoms with E-state index in [-0.39, 0.29) is 35.4 Å². The molecule has 0 bridgehead atoms. The number of carbonyl (C=O) groups is 3. The Morgan fingerprint density at radius 3 is 2.73 bits per heavy atom. The van der Waals surface area contributed by atoms with Crippen molar-refractivity contribution in [3.05, 3.63) is 81.8 Å². The number of aliphatic hydroxyl groups excluding tert-OH is 1. The largest absolute Gasteiger partial charge is 0.478 e. The molecule has 2 amide bonds. The van der Waals surface area contributed by atoms with Crippen LogP contribution < -0.4 is 10.6 Å². The third-order valence-electron chi connectivity index (χ3n) is 6.61. The summed E-state index contributed by atoms with van der Waals surface area (Å²) in [5.74, 6) is -2.42. The average molecular weight is 506 g/mol. The maximum atomic E-state index is 13.6. The molecule has 0 radical (unpaired) electrons. The van der Waals surface area contributed by atoms with Gasteiger partial charge in [-0.2, -0.15) is 5.10 Å². The fourth-order valence-corrected chi connectivity index (χ4v) is 4.66. The third-order valence-corrected chi connectivity index (χ3v) is 6.61. The van der Waals surface area contributed by atoms with Crippen molar-refractivity contribution in [2.24, 2.45) is 10.1 Å². The van der Waals surface area contributed by atoms with Crippen LogP contribution in [0.25, 0.3) is 0 Å². The standard InChI is InChI=1S/C26H24FN5O5/c1-13-8-14(2-6-18(13)27)11-28-25(35)21-10-20(30-23-22(33)12-29-32(21)23)24(34)31-19-7-4-15-9-16(26(36)37)3-5-17(15)19/h2-3,5-6,8-10,12,19,22-23,33H,4,7,11H2,1H3,(H,28,35)(H,31,34)(H,36,37)/t19-,22?,23?/m0/s1. The number of hydrogen-bond donors (Lipinski definition) is 4. The van der Waals surface area contributed by atoms with E-state index in [1.54, 1.807) is 31.2 Å². The number of benzene rings is 2. The van der Waals surface area contributed by atoms with Crippen LogP contribution in [0.3, 0.4) is 0 Å². The van der Waals surface area contributed by atoms with Crippen molar-refractivity contribution in [3.8, 4) is 0 Å². The maximum Gasteiger partial charge on any atom is 0.335 e. The minimum Gasteiger partial charge on any atom is -0.478 e. The quantitative estimate of drug-likeness (QED) is 0.469. The van der Waals surface area contributed by atoms with E-state index in [2.05, 4.69) is 20.7 Å². The molecule has 0 aromatic heterocycles. The van der Waals surface area contributed by atoms with Gasteiger partial charge in [-0.15, -0.1) is 0 Å². The normalized spacial score (nSPS) is 21.6. The van der Waals surface area contributed by atoms with Gasteiger partial charge in [-0.25, -0.2) is 19.2 Å². The molecule has 1 aliphatic carbocycles. The number of fused-ring (bicyclic) bond motifs is 2. The summed E-state index contributed by atoms with van der Waals surface area (Å²) in [5.41, 5.74) is 3.02. The minimum absolute atomic E-state index is 0.0368. The van der Waals surface area contributed by atoms with E-state index in [4.69, 9.17) is 0 Å². The van der Waals surface area contributed by atoms with Gasteiger partial charge < -0.3 is 20.8 Å². The maximum absolute atomic E-state index is 13.6. The van der Waals surface area contributed by atoms with Crippen LogP contribution in [-0.4, -0.2) is 57.2 Å². The second-order valence-corrected chi connectivity index (χ2v) is 9.11. The number of aliphatic hydroxyl groups is 1. The van der Waals surface area contributed by atoms with Crippen LogP contribution in [0.4, 0.5) is 4.39 Å². The Hall–Kier alpha value is -4.38. The average Bonchev–Trinajstić information content (AvgIpc) is 3.46. The fraction of sp³-hybridized carbons (Fsp3) is 0.269. The topological polar surface area (TPSA) is 144 Å². The van der Waals surface area contributed by atoms with Crippen LogP contribution in [0.15, 0.2) is 58.3 Å². The van der Waals surface area contributed by atoms with Crippen molar-refractivity contribution in [1.82, 2.24) is 15.6 Å². The van der Waals surface area contributed by atoms with Gasteiger partial charge in [0.05, 0.1) is 17.8 Å². The van der Waals surface area contributed by atoms with Gasteiger partial charge in [0.2, 0.25) is 0 Å². The van der Waals surface area contributed by atoms with Gasteiger partial charge in [-0.3, -0.25) is 9.59 Å². The first-order valence-electron chi connectivity index (χ1n) is 11.7. The summed E-state index contributed by atoms with van der Waals surface area (Å²) in [4.78, 5) is 41.8. The lowest BCUT2D eigenvalue weighted by Gasteiger charge is -2.28. The first-order valence-corrected chi connectivity index (χ1v) is 11.7. The number of rotatable bonds is 6. The van der Waals surface area contributed by atoms with Crippen molar-refractivity contribution < 1.29 is 29.0 Å². The van der Waals surface area contributed by atoms with Crippen molar-refractivity contribution in [2.75, 3.05) is 0 Å². The number of aromatic carboxylic acids is 1. The van der Waals surface area contributed by atoms with E-state index in [1.165, 1.54) is 29.4 Å². The molecular weight excluding hydrogens is 481 g/mol. The predicted octanol–water partition coefficient (Wildman–Crippen LogP) is 1.58. The number of nitrogens with one attached hydrogen (secondary N) is 2. The van der Waals surface area contributed by atoms with Gasteiger partial charge >= 0.3 is 5.97 Å². The molecule has 5 rings (SSSR count). The summed E-state index contributed by atoms with van der Waals surface area (Å²) in [6, 6.07) is 8.98. The van der Waals surface area contributed by atoms with Crippen molar-refractivity contribution in [1.29, 1.82) is 0 Å². The Kier molecular flexibility index (Phi) is 6.30. The zero-order chi connectivity index (χ0) is 26.3. The Morgan fingerprint density at radius 1 is 1.16 bits per heavy atom. The molecule has 2 aromatic rings. The summed E-state index contributed by atoms with van der Waals surface area (Å²) in [7, 11) is 0. The fourth-order valence-electron chi connectivity index (χ4n) is 4.66. The van der Waals surface area contributed by atoms with Crippen LogP contribution >= 0.6 is 0 Å². The molecule has 3 atom stereocenters. The van der Waals surface area contributed by atoms with E-state index in [0.717, 1.165) is 11.1 Å². The number of carboxylic acid groups (broad SMARTS) is 1. The molecular formula is C26H24FN5O5. The lowest BCUT2D eigenvalue weighted by atomic mass is 10.0. The molecule has 2 heterocycles. The molecule has 190 valence electrons. The van der Waals surface area contributed by atoms with Crippen molar-refractivity contribution >= 4 is 29.7 Å². The molecule has 4 N–H and O–H groups in total. The van der Waals surface area contributed by atoms with E-state index in [1.807, 2.05) is 0 Å². The SMILES string of the molecule is Cc1cc(CNC(=O)C2=CC(C(=O)N[C@H]3CCc4cc(C(=O)O)ccc43)=NC3C(O)C=NN23)ccc1F. The van der Waals surface area contributed by atoms with Gasteiger partial charge in [0.25, 0.3) is 11.8 Å². The first kappa shape index (κ1) is 24.3. The number of hydrazone groups is 1. The van der Waals surface area contributed by atoms with Gasteiger partial charge in [0.1, 0.15) is 23.3 Å². The molecule has 3 aliphatic rings. The lowest BCUT2D eigenvalue weighted by molar-refractivity contribution is -0.119. The lowest BCUT2D eigenvalue weighted by Crippen LogP contribution is -2.45. The van der Waals surface area contributed by atoms with E-state index in [9.17, 15) is 29.0 Å². The van der Waals surface area contributed by atoms with Crippen LogP contribution in [0, 0.1) is 12.7 Å². The number of carbonyl (C=O) groups excluding carboxylic acids is 2. The number of nitrogens with zero attached hydrogens (tertiary/aromatic N) is 3. The van der Waals surface area contributed by atoms with Crippen LogP contribution in [0.1, 0.15) is 45.1 Å². The predicted molar refractivity (Wildman–Crippen MR) is 131 cm³/mol. The Labute approximate surface area is 211 Å². The number of carboxylic acids is 1. The molecule has 10 nitrogen and oxygen atoms in total. The summed E-state index contributed by atoms with van der Waals surface area (Å²) in [6.45, 7) is 1.75. The van der Waals surface area contributed by atoms with Crippen LogP contribution in [0.2, 0.25) is 0 Å². The smallest absolute Gasteiger partial charge is 0.335 e. The Morgan fingerprint density at radius 2 is 1.97 bits per heavy atom. The van der Waals surface area contributed by atoms with E-state index >= 15 is 0 Å². The summed E-state index contributed by atoms with van der Waals surface area (Å²) < 4.78 is 13.6. The molecule has 2 unspecified atom stereocenters. The van der Waals surface area contributed by atoms with Crippen molar-refractivity contribution in [2.45, 2.75) is 44.6 Å². The van der Waals surface area contributed by atoms with Gasteiger partial charge in [-0.05, 0) is 60.2 Å². The molecule has 11 heteroatoms. The summed E-state index contributed by atoms with van der Waals surface area (Å²) in [5, 5.41) is 30.5. The summed E-state index contributed by atoms with van der Waals surface area (Å²) >= 11 is 0. The summed E-state index contributed by atoms with van der Waals surface area (Å²) in [6.07, 6.45) is 1.69. The number of halogens is 1. The monoisotopic (exact) mass is 505 g/mol. The number of aryl methyl sites for hydroxylation is 2. The Bertz CT molecular complexity index is 1400. The van der Waals surface area contributed by atoms with E-state index in [0.29, 0.717) is 24.0 Å². The molecule has 0 fully saturated rings. The number of amides is 2. The molecule has 0 saturated heterocycles. The van der Waals surface area contributed by atoms with Gasteiger partial charge in [-0.1, -0.05) is 18.2 Å². The van der Waals surface area contributed by atoms with Crippen molar-refractivity contribution in [3.63, 3.8) is 0 Å². The minimum atomic E-state index is -1.11. The molecule has 0 saturated carbocycles. The molecule has 0 spiro atoms. The number of hydrogen-bond acceptors (Lipinski definition) is 7. The zero-order valence-corrected chi connectivity index (χ0v) is 19.8. The third kappa shape index (κ3) is 4.73. The van der Waals surface area contributed by atoms with E-state index < -0.39 is 30.1 Å². The highest BCUT2D eigenvalue weighted by atomic mass is 19.1. The Balaban J connectivity index is 1.33. The molecule has 2 aromatic carbocycles.